The Kier molecular flexibility index (Phi) is 5.63. The Morgan fingerprint density at radius 3 is 2.67 bits per heavy atom. The van der Waals surface area contributed by atoms with Crippen LogP contribution in [0.4, 0.5) is 4.39 Å². The monoisotopic (exact) mass is 611 g/mol. The molecule has 2 amide bonds. The van der Waals surface area contributed by atoms with Crippen LogP contribution in [0.2, 0.25) is 0 Å². The van der Waals surface area contributed by atoms with E-state index in [1.807, 2.05) is 30.9 Å². The van der Waals surface area contributed by atoms with Crippen molar-refractivity contribution in [2.45, 2.75) is 76.7 Å². The molecule has 6 heterocycles. The molecule has 10 rings (SSSR count). The summed E-state index contributed by atoms with van der Waals surface area (Å²) in [6.07, 6.45) is 4.39. The first-order chi connectivity index (χ1) is 21.6. The Labute approximate surface area is 259 Å². The van der Waals surface area contributed by atoms with Gasteiger partial charge in [-0.05, 0) is 95.0 Å². The van der Waals surface area contributed by atoms with Gasteiger partial charge in [-0.2, -0.15) is 0 Å². The summed E-state index contributed by atoms with van der Waals surface area (Å²) >= 11 is 0. The van der Waals surface area contributed by atoms with E-state index in [1.165, 1.54) is 6.07 Å². The number of pyridine rings is 2. The summed E-state index contributed by atoms with van der Waals surface area (Å²) in [6.45, 7) is 7.06. The average Bonchev–Trinajstić information content (AvgIpc) is 3.26. The fourth-order valence-corrected chi connectivity index (χ4v) is 8.57. The van der Waals surface area contributed by atoms with Gasteiger partial charge in [0.05, 0.1) is 34.2 Å². The number of carbonyl (C=O) groups excluding carboxylic acids is 2. The molecule has 2 bridgehead atoms. The second kappa shape index (κ2) is 9.28. The second-order valence-electron chi connectivity index (χ2n) is 14.6. The van der Waals surface area contributed by atoms with Gasteiger partial charge in [0.15, 0.2) is 0 Å². The minimum atomic E-state index is -1.12. The number of halogens is 1. The highest BCUT2D eigenvalue weighted by molar-refractivity contribution is 5.95. The standard InChI is InChI=1S/C34H38FN7O3/c1-18(37-32(45)33-15-34(35,16-33)17-33)24-6-5-21-9-26(41(30(21)38-24)12-20-3-4-20)29-19(2)42-27(39-29)10-23(11-28(42)43)31(44)40-13-22-7-8-36-25(22)14-40/h5-6,9-11,18,20,22,25,36,39H,3-4,7-8,12-17H2,1-2H3,(H,37,45)/t18-,22+,25-,33?,34?/m1/s1. The summed E-state index contributed by atoms with van der Waals surface area (Å²) in [4.78, 5) is 50.3. The number of nitrogens with one attached hydrogen (secondary N) is 3. The molecule has 0 unspecified atom stereocenters. The highest BCUT2D eigenvalue weighted by Gasteiger charge is 2.72. The number of hydrogen-bond donors (Lipinski definition) is 3. The zero-order valence-electron chi connectivity index (χ0n) is 25.7. The summed E-state index contributed by atoms with van der Waals surface area (Å²) < 4.78 is 17.9. The zero-order chi connectivity index (χ0) is 30.8. The first-order valence-corrected chi connectivity index (χ1v) is 16.4. The molecule has 2 aliphatic heterocycles. The van der Waals surface area contributed by atoms with Crippen LogP contribution in [0.15, 0.2) is 35.1 Å². The number of imidazole rings is 1. The first kappa shape index (κ1) is 27.3. The van der Waals surface area contributed by atoms with Gasteiger partial charge in [0.1, 0.15) is 17.0 Å². The second-order valence-corrected chi connectivity index (χ2v) is 14.6. The molecule has 0 spiro atoms. The number of aromatic amines is 1. The molecule has 6 fully saturated rings. The van der Waals surface area contributed by atoms with Crippen LogP contribution < -0.4 is 16.2 Å². The predicted molar refractivity (Wildman–Crippen MR) is 167 cm³/mol. The van der Waals surface area contributed by atoms with Crippen molar-refractivity contribution in [1.29, 1.82) is 0 Å². The lowest BCUT2D eigenvalue weighted by molar-refractivity contribution is -0.214. The third kappa shape index (κ3) is 4.15. The smallest absolute Gasteiger partial charge is 0.257 e. The summed E-state index contributed by atoms with van der Waals surface area (Å²) in [6, 6.07) is 9.38. The van der Waals surface area contributed by atoms with Gasteiger partial charge >= 0.3 is 0 Å². The molecule has 45 heavy (non-hydrogen) atoms. The van der Waals surface area contributed by atoms with E-state index < -0.39 is 11.1 Å². The van der Waals surface area contributed by atoms with Crippen molar-refractivity contribution in [3.8, 4) is 11.4 Å². The van der Waals surface area contributed by atoms with Crippen LogP contribution in [0, 0.1) is 24.2 Å². The fraction of sp³-hybridized carbons (Fsp3) is 0.529. The average molecular weight is 612 g/mol. The molecule has 11 heteroatoms. The lowest BCUT2D eigenvalue weighted by Gasteiger charge is -2.64. The molecule has 4 saturated carbocycles. The Morgan fingerprint density at radius 1 is 1.13 bits per heavy atom. The molecule has 4 aliphatic carbocycles. The van der Waals surface area contributed by atoms with Crippen molar-refractivity contribution < 1.29 is 14.0 Å². The summed E-state index contributed by atoms with van der Waals surface area (Å²) in [5.41, 5.74) is 3.24. The maximum absolute atomic E-state index is 14.0. The molecule has 4 aromatic rings. The minimum absolute atomic E-state index is 0.0771. The highest BCUT2D eigenvalue weighted by atomic mass is 19.1. The molecule has 3 atom stereocenters. The molecule has 234 valence electrons. The van der Waals surface area contributed by atoms with Gasteiger partial charge in [0.25, 0.3) is 11.5 Å². The third-order valence-corrected chi connectivity index (χ3v) is 11.3. The number of aromatic nitrogens is 4. The van der Waals surface area contributed by atoms with Crippen molar-refractivity contribution >= 4 is 28.5 Å². The summed E-state index contributed by atoms with van der Waals surface area (Å²) in [7, 11) is 0. The van der Waals surface area contributed by atoms with Gasteiger partial charge < -0.3 is 25.1 Å². The first-order valence-electron chi connectivity index (χ1n) is 16.4. The molecule has 6 aliphatic rings. The topological polar surface area (TPSA) is 117 Å². The molecule has 4 aromatic heterocycles. The highest BCUT2D eigenvalue weighted by Crippen LogP contribution is 2.69. The number of carbonyl (C=O) groups is 2. The number of amides is 2. The van der Waals surface area contributed by atoms with Crippen LogP contribution in [-0.2, 0) is 11.3 Å². The summed E-state index contributed by atoms with van der Waals surface area (Å²) in [5.74, 6) is 0.868. The van der Waals surface area contributed by atoms with Gasteiger partial charge in [0.2, 0.25) is 5.91 Å². The maximum Gasteiger partial charge on any atom is 0.257 e. The molecule has 2 saturated heterocycles. The SMILES string of the molecule is Cc1c(-c2cc3ccc([C@@H](C)NC(=O)C45CC(F)(C4)C5)nc3n2CC2CC2)[nH]c2cc(C(=O)N3C[C@@H]4CCN[C@@H]4C3)cc(=O)n12. The molecule has 3 N–H and O–H groups in total. The molecule has 0 aromatic carbocycles. The van der Waals surface area contributed by atoms with Crippen molar-refractivity contribution in [3.05, 3.63) is 57.6 Å². The van der Waals surface area contributed by atoms with Gasteiger partial charge in [-0.1, -0.05) is 0 Å². The lowest BCUT2D eigenvalue weighted by atomic mass is 9.42. The van der Waals surface area contributed by atoms with Crippen LogP contribution in [0.1, 0.15) is 73.2 Å². The molecular weight excluding hydrogens is 573 g/mol. The Bertz CT molecular complexity index is 1950. The molecular formula is C34H38FN7O3. The largest absolute Gasteiger partial charge is 0.348 e. The fourth-order valence-electron chi connectivity index (χ4n) is 8.57. The number of rotatable bonds is 7. The number of likely N-dealkylation sites (tertiary alicyclic amines) is 1. The number of H-pyrrole nitrogens is 1. The van der Waals surface area contributed by atoms with Crippen LogP contribution in [0.25, 0.3) is 28.1 Å². The van der Waals surface area contributed by atoms with Crippen molar-refractivity contribution in [2.24, 2.45) is 17.3 Å². The normalized spacial score (nSPS) is 29.1. The number of alkyl halides is 1. The molecule has 0 radical (unpaired) electrons. The van der Waals surface area contributed by atoms with E-state index >= 15 is 0 Å². The number of fused-ring (bicyclic) bond motifs is 3. The van der Waals surface area contributed by atoms with E-state index in [-0.39, 0.29) is 23.4 Å². The van der Waals surface area contributed by atoms with Crippen LogP contribution in [-0.4, -0.2) is 67.0 Å². The lowest BCUT2D eigenvalue weighted by Crippen LogP contribution is -2.70. The number of nitrogens with zero attached hydrogens (tertiary/aromatic N) is 4. The Balaban J connectivity index is 1.05. The van der Waals surface area contributed by atoms with Gasteiger partial charge in [-0.3, -0.25) is 18.8 Å². The maximum atomic E-state index is 14.0. The van der Waals surface area contributed by atoms with E-state index in [4.69, 9.17) is 4.98 Å². The quantitative estimate of drug-likeness (QED) is 0.294. The number of hydrogen-bond acceptors (Lipinski definition) is 5. The zero-order valence-corrected chi connectivity index (χ0v) is 25.7. The Hall–Kier alpha value is -3.99. The van der Waals surface area contributed by atoms with E-state index in [0.717, 1.165) is 72.7 Å². The van der Waals surface area contributed by atoms with Crippen molar-refractivity contribution in [1.82, 2.24) is 34.5 Å². The van der Waals surface area contributed by atoms with Crippen LogP contribution in [0.5, 0.6) is 0 Å². The third-order valence-electron chi connectivity index (χ3n) is 11.3. The van der Waals surface area contributed by atoms with Crippen LogP contribution >= 0.6 is 0 Å². The van der Waals surface area contributed by atoms with Gasteiger partial charge in [0, 0.05) is 42.7 Å². The van der Waals surface area contributed by atoms with Gasteiger partial charge in [-0.15, -0.1) is 0 Å². The van der Waals surface area contributed by atoms with E-state index in [9.17, 15) is 18.8 Å². The minimum Gasteiger partial charge on any atom is -0.348 e. The van der Waals surface area contributed by atoms with Gasteiger partial charge in [-0.25, -0.2) is 9.37 Å². The summed E-state index contributed by atoms with van der Waals surface area (Å²) in [5, 5.41) is 7.55. The number of aryl methyl sites for hydroxylation is 1. The van der Waals surface area contributed by atoms with Crippen molar-refractivity contribution in [3.63, 3.8) is 0 Å². The molecule has 10 nitrogen and oxygen atoms in total. The van der Waals surface area contributed by atoms with E-state index in [0.29, 0.717) is 54.9 Å². The predicted octanol–water partition coefficient (Wildman–Crippen LogP) is 3.87. The van der Waals surface area contributed by atoms with Crippen LogP contribution in [0.3, 0.4) is 0 Å². The van der Waals surface area contributed by atoms with Crippen molar-refractivity contribution in [2.75, 3.05) is 19.6 Å². The van der Waals surface area contributed by atoms with E-state index in [1.54, 1.807) is 10.5 Å². The Morgan fingerprint density at radius 2 is 1.93 bits per heavy atom. The van der Waals surface area contributed by atoms with E-state index in [2.05, 4.69) is 26.3 Å².